The van der Waals surface area contributed by atoms with E-state index in [1.165, 1.54) is 19.1 Å². The van der Waals surface area contributed by atoms with Crippen molar-refractivity contribution in [2.75, 3.05) is 4.90 Å². The summed E-state index contributed by atoms with van der Waals surface area (Å²) < 4.78 is 47.1. The first-order valence-electron chi connectivity index (χ1n) is 9.00. The number of benzene rings is 1. The lowest BCUT2D eigenvalue weighted by atomic mass is 9.89. The molecule has 1 atom stereocenters. The minimum absolute atomic E-state index is 0.0208. The molecule has 5 nitrogen and oxygen atoms in total. The monoisotopic (exact) mass is 427 g/mol. The summed E-state index contributed by atoms with van der Waals surface area (Å²) in [5.41, 5.74) is -3.99. The lowest BCUT2D eigenvalue weighted by Gasteiger charge is -2.39. The Balaban J connectivity index is 2.07. The molecule has 1 saturated carbocycles. The summed E-state index contributed by atoms with van der Waals surface area (Å²) in [6.45, 7) is 1.35. The van der Waals surface area contributed by atoms with Gasteiger partial charge in [0.25, 0.3) is 5.60 Å². The van der Waals surface area contributed by atoms with Gasteiger partial charge in [-0.1, -0.05) is 17.5 Å². The van der Waals surface area contributed by atoms with Crippen molar-refractivity contribution in [1.29, 1.82) is 0 Å². The van der Waals surface area contributed by atoms with Gasteiger partial charge in [0, 0.05) is 29.3 Å². The minimum atomic E-state index is -5.05. The quantitative estimate of drug-likeness (QED) is 0.650. The van der Waals surface area contributed by atoms with E-state index in [0.717, 1.165) is 6.07 Å². The molecule has 2 amide bonds. The molecule has 1 fully saturated rings. The molecular weight excluding hydrogens is 411 g/mol. The predicted octanol–water partition coefficient (Wildman–Crippen LogP) is 4.75. The third-order valence-electron chi connectivity index (χ3n) is 4.60. The van der Waals surface area contributed by atoms with E-state index in [4.69, 9.17) is 16.3 Å². The highest BCUT2D eigenvalue weighted by Gasteiger charge is 2.63. The summed E-state index contributed by atoms with van der Waals surface area (Å²) in [6.07, 6.45) is -5.09. The number of hydrogen-bond acceptors (Lipinski definition) is 4. The number of alkyl halides is 3. The van der Waals surface area contributed by atoms with Crippen LogP contribution in [0.3, 0.4) is 0 Å². The van der Waals surface area contributed by atoms with E-state index in [9.17, 15) is 27.6 Å². The van der Waals surface area contributed by atoms with Gasteiger partial charge in [-0.3, -0.25) is 4.79 Å². The number of carbonyl (C=O) groups is 3. The van der Waals surface area contributed by atoms with Crippen molar-refractivity contribution in [2.24, 2.45) is 5.92 Å². The molecular formula is C20H17ClF3NO4. The molecule has 0 bridgehead atoms. The van der Waals surface area contributed by atoms with Crippen LogP contribution in [-0.2, 0) is 19.9 Å². The van der Waals surface area contributed by atoms with Crippen LogP contribution < -0.4 is 4.90 Å². The summed E-state index contributed by atoms with van der Waals surface area (Å²) in [6, 6.07) is 3.46. The van der Waals surface area contributed by atoms with Crippen molar-refractivity contribution in [2.45, 2.75) is 50.8 Å². The molecule has 1 aromatic rings. The molecule has 29 heavy (non-hydrogen) atoms. The maximum atomic E-state index is 14.1. The third-order valence-corrected chi connectivity index (χ3v) is 4.83. The van der Waals surface area contributed by atoms with Crippen LogP contribution in [0, 0.1) is 17.8 Å². The van der Waals surface area contributed by atoms with Crippen molar-refractivity contribution in [1.82, 2.24) is 0 Å². The second-order valence-corrected chi connectivity index (χ2v) is 7.47. The van der Waals surface area contributed by atoms with Crippen molar-refractivity contribution in [3.05, 3.63) is 28.8 Å². The van der Waals surface area contributed by atoms with Gasteiger partial charge in [-0.25, -0.2) is 9.69 Å². The van der Waals surface area contributed by atoms with Crippen LogP contribution >= 0.6 is 11.6 Å². The normalized spacial score (nSPS) is 21.0. The smallest absolute Gasteiger partial charge is 0.414 e. The van der Waals surface area contributed by atoms with Crippen LogP contribution in [0.5, 0.6) is 0 Å². The first-order valence-corrected chi connectivity index (χ1v) is 9.38. The first kappa shape index (κ1) is 21.2. The van der Waals surface area contributed by atoms with Gasteiger partial charge < -0.3 is 9.53 Å². The number of nitrogens with zero attached hydrogens (tertiary/aromatic N) is 1. The van der Waals surface area contributed by atoms with E-state index in [-0.39, 0.29) is 41.7 Å². The number of amides is 2. The lowest BCUT2D eigenvalue weighted by molar-refractivity contribution is -0.240. The van der Waals surface area contributed by atoms with Crippen LogP contribution in [0.1, 0.15) is 44.6 Å². The molecule has 0 saturated heterocycles. The zero-order valence-corrected chi connectivity index (χ0v) is 16.2. The molecule has 1 aromatic carbocycles. The average Bonchev–Trinajstić information content (AvgIpc) is 3.43. The molecule has 2 aliphatic rings. The van der Waals surface area contributed by atoms with Crippen LogP contribution in [0.4, 0.5) is 23.7 Å². The van der Waals surface area contributed by atoms with Crippen LogP contribution in [0.2, 0.25) is 5.02 Å². The molecule has 0 spiro atoms. The standard InChI is InChI=1S/C20H17ClF3NO4/c1-12(26)3-2-4-17(27)25-16-8-7-14(21)11-15(16)19(20(22,23)24,29-18(25)28)10-9-13-5-6-13/h7-8,11,13H,2-6H2,1H3. The van der Waals surface area contributed by atoms with E-state index >= 15 is 0 Å². The molecule has 0 radical (unpaired) electrons. The maximum absolute atomic E-state index is 14.1. The molecule has 1 unspecified atom stereocenters. The fourth-order valence-electron chi connectivity index (χ4n) is 2.96. The second-order valence-electron chi connectivity index (χ2n) is 7.04. The number of carbonyl (C=O) groups excluding carboxylic acids is 3. The van der Waals surface area contributed by atoms with Crippen molar-refractivity contribution < 1.29 is 32.3 Å². The Morgan fingerprint density at radius 1 is 1.31 bits per heavy atom. The second kappa shape index (κ2) is 7.71. The van der Waals surface area contributed by atoms with Gasteiger partial charge in [-0.15, -0.1) is 0 Å². The largest absolute Gasteiger partial charge is 0.445 e. The topological polar surface area (TPSA) is 63.7 Å². The van der Waals surface area contributed by atoms with Crippen LogP contribution in [-0.4, -0.2) is 24.0 Å². The number of imide groups is 1. The van der Waals surface area contributed by atoms with E-state index in [2.05, 4.69) is 11.8 Å². The van der Waals surface area contributed by atoms with Crippen LogP contribution in [0.15, 0.2) is 18.2 Å². The number of rotatable bonds is 4. The molecule has 3 rings (SSSR count). The summed E-state index contributed by atoms with van der Waals surface area (Å²) in [7, 11) is 0. The molecule has 0 N–H and O–H groups in total. The van der Waals surface area contributed by atoms with E-state index < -0.39 is 29.3 Å². The molecule has 0 aromatic heterocycles. The number of ether oxygens (including phenoxy) is 1. The van der Waals surface area contributed by atoms with Crippen molar-refractivity contribution in [3.63, 3.8) is 0 Å². The Kier molecular flexibility index (Phi) is 5.63. The van der Waals surface area contributed by atoms with Gasteiger partial charge in [-0.05, 0) is 50.3 Å². The summed E-state index contributed by atoms with van der Waals surface area (Å²) >= 11 is 5.91. The Hall–Kier alpha value is -2.53. The summed E-state index contributed by atoms with van der Waals surface area (Å²) in [4.78, 5) is 36.7. The number of ketones is 1. The molecule has 9 heteroatoms. The summed E-state index contributed by atoms with van der Waals surface area (Å²) in [5, 5.41) is -0.0208. The summed E-state index contributed by atoms with van der Waals surface area (Å²) in [5.74, 6) is 3.53. The number of Topliss-reactive ketones (excluding diaryl/α,β-unsaturated/α-hetero) is 1. The Labute approximate surface area is 170 Å². The lowest BCUT2D eigenvalue weighted by Crippen LogP contribution is -2.54. The van der Waals surface area contributed by atoms with E-state index in [1.807, 2.05) is 0 Å². The Morgan fingerprint density at radius 3 is 2.59 bits per heavy atom. The SMILES string of the molecule is CC(=O)CCCC(=O)N1C(=O)OC(C#CC2CC2)(C(F)(F)F)c2cc(Cl)ccc21. The molecule has 1 aliphatic carbocycles. The predicted molar refractivity (Wildman–Crippen MR) is 98.2 cm³/mol. The Morgan fingerprint density at radius 2 is 2.00 bits per heavy atom. The van der Waals surface area contributed by atoms with Gasteiger partial charge in [0.15, 0.2) is 0 Å². The maximum Gasteiger partial charge on any atom is 0.445 e. The minimum Gasteiger partial charge on any atom is -0.414 e. The highest BCUT2D eigenvalue weighted by molar-refractivity contribution is 6.31. The average molecular weight is 428 g/mol. The number of anilines is 1. The van der Waals surface area contributed by atoms with Crippen molar-refractivity contribution in [3.8, 4) is 11.8 Å². The molecule has 1 aliphatic heterocycles. The molecule has 1 heterocycles. The van der Waals surface area contributed by atoms with Gasteiger partial charge in [0.1, 0.15) is 5.78 Å². The number of halogens is 4. The van der Waals surface area contributed by atoms with Crippen LogP contribution in [0.25, 0.3) is 0 Å². The fourth-order valence-corrected chi connectivity index (χ4v) is 3.13. The van der Waals surface area contributed by atoms with Gasteiger partial charge in [-0.2, -0.15) is 13.2 Å². The molecule has 154 valence electrons. The van der Waals surface area contributed by atoms with Gasteiger partial charge in [0.05, 0.1) is 5.69 Å². The van der Waals surface area contributed by atoms with Gasteiger partial charge in [0.2, 0.25) is 5.91 Å². The van der Waals surface area contributed by atoms with Gasteiger partial charge >= 0.3 is 12.3 Å². The fraction of sp³-hybridized carbons (Fsp3) is 0.450. The zero-order chi connectivity index (χ0) is 21.4. The Bertz CT molecular complexity index is 930. The number of hydrogen-bond donors (Lipinski definition) is 0. The zero-order valence-electron chi connectivity index (χ0n) is 15.4. The van der Waals surface area contributed by atoms with E-state index in [1.54, 1.807) is 0 Å². The number of cyclic esters (lactones) is 1. The number of fused-ring (bicyclic) bond motifs is 1. The van der Waals surface area contributed by atoms with E-state index in [0.29, 0.717) is 17.7 Å². The highest BCUT2D eigenvalue weighted by Crippen LogP contribution is 2.50. The highest BCUT2D eigenvalue weighted by atomic mass is 35.5. The van der Waals surface area contributed by atoms with Crippen molar-refractivity contribution >= 4 is 35.1 Å². The first-order chi connectivity index (χ1) is 13.5. The third kappa shape index (κ3) is 4.25.